The SMILES string of the molecule is CC(C)(C)NCc1cccc(Br)c1OCCCO. The van der Waals surface area contributed by atoms with Crippen molar-refractivity contribution < 1.29 is 9.84 Å². The summed E-state index contributed by atoms with van der Waals surface area (Å²) in [5.41, 5.74) is 1.20. The van der Waals surface area contributed by atoms with Crippen molar-refractivity contribution in [1.29, 1.82) is 0 Å². The molecule has 2 N–H and O–H groups in total. The van der Waals surface area contributed by atoms with Gasteiger partial charge >= 0.3 is 0 Å². The Hall–Kier alpha value is -0.580. The molecule has 1 aromatic carbocycles. The average molecular weight is 316 g/mol. The van der Waals surface area contributed by atoms with Crippen molar-refractivity contribution in [3.05, 3.63) is 28.2 Å². The number of rotatable bonds is 6. The molecule has 0 atom stereocenters. The number of hydrogen-bond acceptors (Lipinski definition) is 3. The van der Waals surface area contributed by atoms with E-state index in [0.29, 0.717) is 13.0 Å². The summed E-state index contributed by atoms with van der Waals surface area (Å²) in [6, 6.07) is 6.02. The van der Waals surface area contributed by atoms with Crippen LogP contribution < -0.4 is 10.1 Å². The summed E-state index contributed by atoms with van der Waals surface area (Å²) in [7, 11) is 0. The zero-order valence-electron chi connectivity index (χ0n) is 11.3. The minimum atomic E-state index is 0.0741. The van der Waals surface area contributed by atoms with Crippen molar-refractivity contribution in [2.75, 3.05) is 13.2 Å². The Morgan fingerprint density at radius 2 is 2.06 bits per heavy atom. The van der Waals surface area contributed by atoms with Crippen molar-refractivity contribution >= 4 is 15.9 Å². The molecule has 0 saturated carbocycles. The van der Waals surface area contributed by atoms with E-state index in [-0.39, 0.29) is 12.1 Å². The Morgan fingerprint density at radius 1 is 1.33 bits per heavy atom. The first-order valence-electron chi connectivity index (χ1n) is 6.20. The molecule has 1 aromatic rings. The third-order valence-corrected chi connectivity index (χ3v) is 3.03. The van der Waals surface area contributed by atoms with E-state index in [9.17, 15) is 0 Å². The Morgan fingerprint density at radius 3 is 2.67 bits per heavy atom. The second kappa shape index (κ2) is 7.12. The van der Waals surface area contributed by atoms with Crippen LogP contribution in [0.2, 0.25) is 0 Å². The minimum Gasteiger partial charge on any atom is -0.492 e. The van der Waals surface area contributed by atoms with E-state index in [4.69, 9.17) is 9.84 Å². The van der Waals surface area contributed by atoms with Gasteiger partial charge in [0.1, 0.15) is 5.75 Å². The van der Waals surface area contributed by atoms with Gasteiger partial charge in [-0.3, -0.25) is 0 Å². The molecule has 0 spiro atoms. The number of nitrogens with one attached hydrogen (secondary N) is 1. The lowest BCUT2D eigenvalue weighted by molar-refractivity contribution is 0.231. The maximum atomic E-state index is 8.79. The van der Waals surface area contributed by atoms with Gasteiger partial charge in [-0.2, -0.15) is 0 Å². The quantitative estimate of drug-likeness (QED) is 0.793. The Labute approximate surface area is 118 Å². The molecule has 0 fully saturated rings. The van der Waals surface area contributed by atoms with E-state index in [1.807, 2.05) is 12.1 Å². The highest BCUT2D eigenvalue weighted by atomic mass is 79.9. The normalized spacial score (nSPS) is 11.6. The minimum absolute atomic E-state index is 0.0741. The summed E-state index contributed by atoms with van der Waals surface area (Å²) in [5, 5.41) is 12.2. The molecule has 0 bridgehead atoms. The molecule has 102 valence electrons. The molecule has 3 nitrogen and oxygen atoms in total. The zero-order valence-corrected chi connectivity index (χ0v) is 12.9. The van der Waals surface area contributed by atoms with E-state index in [0.717, 1.165) is 22.3 Å². The fraction of sp³-hybridized carbons (Fsp3) is 0.571. The van der Waals surface area contributed by atoms with Crippen LogP contribution in [-0.2, 0) is 6.54 Å². The Balaban J connectivity index is 2.73. The van der Waals surface area contributed by atoms with E-state index in [2.05, 4.69) is 48.1 Å². The first-order valence-corrected chi connectivity index (χ1v) is 6.99. The molecular weight excluding hydrogens is 294 g/mol. The van der Waals surface area contributed by atoms with E-state index in [1.54, 1.807) is 0 Å². The summed E-state index contributed by atoms with van der Waals surface area (Å²) in [4.78, 5) is 0. The Bertz CT molecular complexity index is 375. The second-order valence-corrected chi connectivity index (χ2v) is 6.11. The van der Waals surface area contributed by atoms with Crippen LogP contribution in [0.5, 0.6) is 5.75 Å². The third kappa shape index (κ3) is 5.38. The van der Waals surface area contributed by atoms with E-state index in [1.165, 1.54) is 0 Å². The number of aliphatic hydroxyl groups is 1. The summed E-state index contributed by atoms with van der Waals surface area (Å²) in [6.45, 7) is 7.85. The fourth-order valence-corrected chi connectivity index (χ4v) is 1.98. The highest BCUT2D eigenvalue weighted by Gasteiger charge is 2.12. The van der Waals surface area contributed by atoms with Crippen molar-refractivity contribution in [3.8, 4) is 5.75 Å². The van der Waals surface area contributed by atoms with Crippen LogP contribution in [0.25, 0.3) is 0 Å². The number of halogens is 1. The lowest BCUT2D eigenvalue weighted by atomic mass is 10.1. The lowest BCUT2D eigenvalue weighted by Crippen LogP contribution is -2.35. The van der Waals surface area contributed by atoms with Crippen molar-refractivity contribution in [1.82, 2.24) is 5.32 Å². The maximum Gasteiger partial charge on any atom is 0.137 e. The number of hydrogen-bond donors (Lipinski definition) is 2. The molecule has 0 unspecified atom stereocenters. The molecule has 0 aromatic heterocycles. The van der Waals surface area contributed by atoms with Gasteiger partial charge in [-0.25, -0.2) is 0 Å². The number of benzene rings is 1. The van der Waals surface area contributed by atoms with Gasteiger partial charge < -0.3 is 15.2 Å². The number of ether oxygens (including phenoxy) is 1. The monoisotopic (exact) mass is 315 g/mol. The molecule has 0 aliphatic rings. The smallest absolute Gasteiger partial charge is 0.137 e. The van der Waals surface area contributed by atoms with Crippen LogP contribution in [0.1, 0.15) is 32.8 Å². The number of aliphatic hydroxyl groups excluding tert-OH is 1. The summed E-state index contributed by atoms with van der Waals surface area (Å²) < 4.78 is 6.68. The van der Waals surface area contributed by atoms with Gasteiger partial charge in [-0.05, 0) is 42.8 Å². The third-order valence-electron chi connectivity index (χ3n) is 2.41. The van der Waals surface area contributed by atoms with Gasteiger partial charge in [0, 0.05) is 30.7 Å². The van der Waals surface area contributed by atoms with Crippen LogP contribution in [-0.4, -0.2) is 23.9 Å². The van der Waals surface area contributed by atoms with Crippen LogP contribution in [0.4, 0.5) is 0 Å². The average Bonchev–Trinajstić information content (AvgIpc) is 2.28. The fourth-order valence-electron chi connectivity index (χ4n) is 1.45. The van der Waals surface area contributed by atoms with Crippen LogP contribution in [0.3, 0.4) is 0 Å². The van der Waals surface area contributed by atoms with Gasteiger partial charge in [0.05, 0.1) is 11.1 Å². The van der Waals surface area contributed by atoms with Gasteiger partial charge in [-0.15, -0.1) is 0 Å². The molecule has 0 saturated heterocycles. The van der Waals surface area contributed by atoms with Crippen LogP contribution >= 0.6 is 15.9 Å². The van der Waals surface area contributed by atoms with Crippen molar-refractivity contribution in [2.24, 2.45) is 0 Å². The van der Waals surface area contributed by atoms with Crippen molar-refractivity contribution in [3.63, 3.8) is 0 Å². The van der Waals surface area contributed by atoms with Gasteiger partial charge in [0.2, 0.25) is 0 Å². The standard InChI is InChI=1S/C14H22BrNO2/c1-14(2,3)16-10-11-6-4-7-12(15)13(11)18-9-5-8-17/h4,6-7,16-17H,5,8-10H2,1-3H3. The van der Waals surface area contributed by atoms with Gasteiger partial charge in [0.25, 0.3) is 0 Å². The van der Waals surface area contributed by atoms with Crippen molar-refractivity contribution in [2.45, 2.75) is 39.3 Å². The first kappa shape index (κ1) is 15.5. The van der Waals surface area contributed by atoms with Crippen LogP contribution in [0, 0.1) is 0 Å². The largest absolute Gasteiger partial charge is 0.492 e. The highest BCUT2D eigenvalue weighted by Crippen LogP contribution is 2.29. The molecule has 0 amide bonds. The summed E-state index contributed by atoms with van der Waals surface area (Å²) in [6.07, 6.45) is 0.646. The maximum absolute atomic E-state index is 8.79. The molecule has 0 aliphatic heterocycles. The Kier molecular flexibility index (Phi) is 6.12. The lowest BCUT2D eigenvalue weighted by Gasteiger charge is -2.22. The van der Waals surface area contributed by atoms with E-state index >= 15 is 0 Å². The second-order valence-electron chi connectivity index (χ2n) is 5.26. The first-order chi connectivity index (χ1) is 8.44. The topological polar surface area (TPSA) is 41.5 Å². The van der Waals surface area contributed by atoms with Gasteiger partial charge in [-0.1, -0.05) is 12.1 Å². The molecule has 4 heteroatoms. The highest BCUT2D eigenvalue weighted by molar-refractivity contribution is 9.10. The predicted octanol–water partition coefficient (Wildman–Crippen LogP) is 3.10. The molecular formula is C14H22BrNO2. The summed E-state index contributed by atoms with van der Waals surface area (Å²) in [5.74, 6) is 0.864. The molecule has 0 aliphatic carbocycles. The summed E-state index contributed by atoms with van der Waals surface area (Å²) >= 11 is 3.50. The molecule has 0 heterocycles. The van der Waals surface area contributed by atoms with Crippen LogP contribution in [0.15, 0.2) is 22.7 Å². The molecule has 0 radical (unpaired) electrons. The predicted molar refractivity (Wildman–Crippen MR) is 77.9 cm³/mol. The van der Waals surface area contributed by atoms with Gasteiger partial charge in [0.15, 0.2) is 0 Å². The van der Waals surface area contributed by atoms with E-state index < -0.39 is 0 Å². The number of para-hydroxylation sites is 1. The zero-order chi connectivity index (χ0) is 13.6. The molecule has 18 heavy (non-hydrogen) atoms. The molecule has 1 rings (SSSR count).